The Balaban J connectivity index is 1.81. The van der Waals surface area contributed by atoms with Crippen molar-refractivity contribution in [2.24, 2.45) is 0 Å². The highest BCUT2D eigenvalue weighted by Crippen LogP contribution is 2.40. The lowest BCUT2D eigenvalue weighted by atomic mass is 9.98. The number of benzene rings is 2. The maximum atomic E-state index is 13.6. The molecule has 7 nitrogen and oxygen atoms in total. The quantitative estimate of drug-likeness (QED) is 0.498. The van der Waals surface area contributed by atoms with Gasteiger partial charge in [-0.15, -0.1) is 0 Å². The maximum absolute atomic E-state index is 13.6. The number of ether oxygens (including phenoxy) is 2. The van der Waals surface area contributed by atoms with E-state index in [2.05, 4.69) is 13.8 Å². The molecular formula is C27H33N2O5+. The van der Waals surface area contributed by atoms with Gasteiger partial charge >= 0.3 is 0 Å². The highest BCUT2D eigenvalue weighted by Gasteiger charge is 2.42. The number of carbonyl (C=O) groups is 1. The number of rotatable bonds is 10. The highest BCUT2D eigenvalue weighted by molar-refractivity contribution is 5.99. The van der Waals surface area contributed by atoms with Gasteiger partial charge in [-0.25, -0.2) is 0 Å². The first-order valence-corrected chi connectivity index (χ1v) is 12.0. The molecule has 0 unspecified atom stereocenters. The summed E-state index contributed by atoms with van der Waals surface area (Å²) in [7, 11) is 1.59. The van der Waals surface area contributed by atoms with Crippen LogP contribution >= 0.6 is 0 Å². The second kappa shape index (κ2) is 10.3. The standard InChI is InChI=1S/C27H32N2O5/c1-5-28(6-2)15-10-16-29-24(18-13-14-21(33-7-3)22(17-18)32-4)23-25(30)19-11-8-9-12-20(19)34-26(23)27(29)31/h8-9,11-14,17,24H,5-7,10,15-16H2,1-4H3/p+1/t24-/m0/s1. The average Bonchev–Trinajstić information content (AvgIpc) is 3.14. The largest absolute Gasteiger partial charge is 0.493 e. The molecule has 1 atom stereocenters. The number of para-hydroxylation sites is 1. The van der Waals surface area contributed by atoms with Gasteiger partial charge in [-0.3, -0.25) is 9.59 Å². The van der Waals surface area contributed by atoms with Gasteiger partial charge < -0.3 is 23.7 Å². The van der Waals surface area contributed by atoms with Crippen LogP contribution in [0.2, 0.25) is 0 Å². The Hall–Kier alpha value is -3.32. The van der Waals surface area contributed by atoms with Crippen molar-refractivity contribution in [1.82, 2.24) is 4.90 Å². The number of carbonyl (C=O) groups excluding carboxylic acids is 1. The van der Waals surface area contributed by atoms with Gasteiger partial charge in [0.15, 0.2) is 16.9 Å². The van der Waals surface area contributed by atoms with Gasteiger partial charge in [0, 0.05) is 13.0 Å². The second-order valence-corrected chi connectivity index (χ2v) is 8.48. The zero-order valence-electron chi connectivity index (χ0n) is 20.3. The molecule has 1 aliphatic heterocycles. The SMILES string of the molecule is CCOc1ccc([C@H]2c3c(oc4ccccc4c3=O)C(=O)N2CCC[NH+](CC)CC)cc1OC. The molecule has 0 aliphatic carbocycles. The van der Waals surface area contributed by atoms with Crippen LogP contribution in [0.4, 0.5) is 0 Å². The molecule has 0 spiro atoms. The lowest BCUT2D eigenvalue weighted by Crippen LogP contribution is -3.11. The van der Waals surface area contributed by atoms with Crippen LogP contribution in [0, 0.1) is 0 Å². The van der Waals surface area contributed by atoms with Gasteiger partial charge in [-0.2, -0.15) is 0 Å². The molecule has 0 bridgehead atoms. The number of quaternary nitrogens is 1. The number of nitrogens with one attached hydrogen (secondary N) is 1. The van der Waals surface area contributed by atoms with Gasteiger partial charge in [0.1, 0.15) is 5.58 Å². The van der Waals surface area contributed by atoms with Crippen molar-refractivity contribution in [2.45, 2.75) is 33.2 Å². The monoisotopic (exact) mass is 465 g/mol. The normalized spacial score (nSPS) is 15.3. The molecule has 2 heterocycles. The van der Waals surface area contributed by atoms with Gasteiger partial charge in [0.2, 0.25) is 5.76 Å². The third kappa shape index (κ3) is 4.28. The molecule has 0 radical (unpaired) electrons. The van der Waals surface area contributed by atoms with Crippen LogP contribution in [0.15, 0.2) is 51.7 Å². The molecule has 0 saturated carbocycles. The molecule has 1 aromatic heterocycles. The van der Waals surface area contributed by atoms with Crippen LogP contribution in [0.5, 0.6) is 11.5 Å². The van der Waals surface area contributed by atoms with Crippen molar-refractivity contribution < 1.29 is 23.6 Å². The van der Waals surface area contributed by atoms with Crippen molar-refractivity contribution in [1.29, 1.82) is 0 Å². The minimum absolute atomic E-state index is 0.136. The molecule has 3 aromatic rings. The molecule has 4 rings (SSSR count). The van der Waals surface area contributed by atoms with Crippen molar-refractivity contribution in [2.75, 3.05) is 39.9 Å². The van der Waals surface area contributed by atoms with Crippen LogP contribution < -0.4 is 19.8 Å². The summed E-state index contributed by atoms with van der Waals surface area (Å²) < 4.78 is 17.2. The van der Waals surface area contributed by atoms with E-state index >= 15 is 0 Å². The molecule has 7 heteroatoms. The van der Waals surface area contributed by atoms with Gasteiger partial charge in [-0.05, 0) is 50.6 Å². The van der Waals surface area contributed by atoms with E-state index in [1.807, 2.05) is 31.2 Å². The first-order valence-electron chi connectivity index (χ1n) is 12.0. The maximum Gasteiger partial charge on any atom is 0.290 e. The minimum atomic E-state index is -0.542. The number of fused-ring (bicyclic) bond motifs is 2. The zero-order valence-corrected chi connectivity index (χ0v) is 20.3. The summed E-state index contributed by atoms with van der Waals surface area (Å²) in [5, 5.41) is 0.478. The predicted molar refractivity (Wildman–Crippen MR) is 131 cm³/mol. The van der Waals surface area contributed by atoms with E-state index in [0.717, 1.165) is 31.6 Å². The van der Waals surface area contributed by atoms with Gasteiger partial charge in [-0.1, -0.05) is 18.2 Å². The smallest absolute Gasteiger partial charge is 0.290 e. The lowest BCUT2D eigenvalue weighted by Gasteiger charge is -2.26. The Labute approximate surface area is 199 Å². The number of amides is 1. The zero-order chi connectivity index (χ0) is 24.2. The fraction of sp³-hybridized carbons (Fsp3) is 0.407. The summed E-state index contributed by atoms with van der Waals surface area (Å²) in [5.74, 6) is 1.08. The summed E-state index contributed by atoms with van der Waals surface area (Å²) in [6, 6.07) is 12.1. The van der Waals surface area contributed by atoms with Crippen LogP contribution in [0.25, 0.3) is 11.0 Å². The van der Waals surface area contributed by atoms with E-state index in [1.165, 1.54) is 4.90 Å². The van der Waals surface area contributed by atoms with Crippen molar-refractivity contribution in [3.05, 3.63) is 69.6 Å². The van der Waals surface area contributed by atoms with Crippen LogP contribution in [0.1, 0.15) is 54.9 Å². The Morgan fingerprint density at radius 2 is 1.79 bits per heavy atom. The molecular weight excluding hydrogens is 432 g/mol. The highest BCUT2D eigenvalue weighted by atomic mass is 16.5. The molecule has 2 aromatic carbocycles. The van der Waals surface area contributed by atoms with Crippen molar-refractivity contribution in [3.8, 4) is 11.5 Å². The van der Waals surface area contributed by atoms with Crippen molar-refractivity contribution >= 4 is 16.9 Å². The fourth-order valence-corrected chi connectivity index (χ4v) is 4.78. The van der Waals surface area contributed by atoms with Crippen LogP contribution in [-0.2, 0) is 0 Å². The first-order chi connectivity index (χ1) is 16.5. The van der Waals surface area contributed by atoms with E-state index < -0.39 is 6.04 Å². The molecule has 180 valence electrons. The summed E-state index contributed by atoms with van der Waals surface area (Å²) in [6.45, 7) is 10.3. The Morgan fingerprint density at radius 3 is 2.50 bits per heavy atom. The molecule has 34 heavy (non-hydrogen) atoms. The molecule has 1 amide bonds. The van der Waals surface area contributed by atoms with E-state index in [4.69, 9.17) is 13.9 Å². The van der Waals surface area contributed by atoms with Crippen LogP contribution in [-0.4, -0.2) is 50.7 Å². The third-order valence-corrected chi connectivity index (χ3v) is 6.61. The molecule has 1 N–H and O–H groups in total. The minimum Gasteiger partial charge on any atom is -0.493 e. The summed E-state index contributed by atoms with van der Waals surface area (Å²) in [6.07, 6.45) is 0.828. The van der Waals surface area contributed by atoms with Crippen molar-refractivity contribution in [3.63, 3.8) is 0 Å². The van der Waals surface area contributed by atoms with E-state index in [1.54, 1.807) is 30.2 Å². The fourth-order valence-electron chi connectivity index (χ4n) is 4.78. The molecule has 0 fully saturated rings. The van der Waals surface area contributed by atoms with Crippen LogP contribution in [0.3, 0.4) is 0 Å². The lowest BCUT2D eigenvalue weighted by molar-refractivity contribution is -0.896. The van der Waals surface area contributed by atoms with E-state index in [-0.39, 0.29) is 17.1 Å². The summed E-state index contributed by atoms with van der Waals surface area (Å²) in [4.78, 5) is 30.4. The average molecular weight is 466 g/mol. The number of hydrogen-bond acceptors (Lipinski definition) is 5. The van der Waals surface area contributed by atoms with E-state index in [0.29, 0.717) is 41.2 Å². The molecule has 0 saturated heterocycles. The van der Waals surface area contributed by atoms with Gasteiger partial charge in [0.05, 0.1) is 50.3 Å². The molecule has 1 aliphatic rings. The number of hydrogen-bond donors (Lipinski definition) is 1. The second-order valence-electron chi connectivity index (χ2n) is 8.48. The predicted octanol–water partition coefficient (Wildman–Crippen LogP) is 3.06. The Kier molecular flexibility index (Phi) is 7.22. The summed E-state index contributed by atoms with van der Waals surface area (Å²) in [5.41, 5.74) is 1.45. The first kappa shape index (κ1) is 23.8. The topological polar surface area (TPSA) is 73.4 Å². The third-order valence-electron chi connectivity index (χ3n) is 6.61. The Morgan fingerprint density at radius 1 is 1.03 bits per heavy atom. The number of methoxy groups -OCH3 is 1. The summed E-state index contributed by atoms with van der Waals surface area (Å²) >= 11 is 0. The number of nitrogens with zero attached hydrogens (tertiary/aromatic N) is 1. The Bertz CT molecular complexity index is 1230. The van der Waals surface area contributed by atoms with Gasteiger partial charge in [0.25, 0.3) is 5.91 Å². The van der Waals surface area contributed by atoms with E-state index in [9.17, 15) is 9.59 Å².